The molecule has 0 fully saturated rings. The minimum absolute atomic E-state index is 0.789. The second kappa shape index (κ2) is 4.89. The largest absolute Gasteiger partial charge is 0.314 e. The summed E-state index contributed by atoms with van der Waals surface area (Å²) in [6.45, 7) is 1.58. The minimum Gasteiger partial charge on any atom is -0.314 e. The first-order valence-electron chi connectivity index (χ1n) is 4.32. The third kappa shape index (κ3) is 3.48. The molecule has 1 aromatic rings. The molecule has 1 aromatic heterocycles. The van der Waals surface area contributed by atoms with Crippen molar-refractivity contribution in [1.82, 2.24) is 20.2 Å². The van der Waals surface area contributed by atoms with Gasteiger partial charge in [0.2, 0.25) is 0 Å². The summed E-state index contributed by atoms with van der Waals surface area (Å²) in [7, 11) is 5.93. The number of rotatable bonds is 4. The van der Waals surface area contributed by atoms with E-state index in [1.807, 2.05) is 27.2 Å². The summed E-state index contributed by atoms with van der Waals surface area (Å²) < 4.78 is 0. The summed E-state index contributed by atoms with van der Waals surface area (Å²) in [5, 5.41) is 3.06. The predicted octanol–water partition coefficient (Wildman–Crippen LogP) is 0.258. The Morgan fingerprint density at radius 1 is 1.46 bits per heavy atom. The maximum Gasteiger partial charge on any atom is 0.142 e. The molecule has 0 amide bonds. The zero-order chi connectivity index (χ0) is 9.68. The molecule has 0 aliphatic heterocycles. The molecule has 0 aliphatic rings. The van der Waals surface area contributed by atoms with Crippen LogP contribution < -0.4 is 5.32 Å². The van der Waals surface area contributed by atoms with Crippen molar-refractivity contribution in [3.8, 4) is 0 Å². The quantitative estimate of drug-likeness (QED) is 0.721. The Labute approximate surface area is 79.0 Å². The molecular formula is C9H16N4. The average Bonchev–Trinajstić information content (AvgIpc) is 2.04. The highest BCUT2D eigenvalue weighted by Crippen LogP contribution is 1.97. The van der Waals surface area contributed by atoms with Crippen molar-refractivity contribution in [3.05, 3.63) is 23.8 Å². The first-order chi connectivity index (χ1) is 6.22. The molecule has 13 heavy (non-hydrogen) atoms. The number of hydrogen-bond donors (Lipinski definition) is 1. The maximum atomic E-state index is 4.39. The summed E-state index contributed by atoms with van der Waals surface area (Å²) in [6, 6.07) is 1.93. The molecule has 0 unspecified atom stereocenters. The van der Waals surface area contributed by atoms with Crippen LogP contribution in [0.1, 0.15) is 11.5 Å². The molecule has 0 saturated heterocycles. The molecule has 0 saturated carbocycles. The van der Waals surface area contributed by atoms with Crippen molar-refractivity contribution >= 4 is 0 Å². The fourth-order valence-corrected chi connectivity index (χ4v) is 1.08. The monoisotopic (exact) mass is 180 g/mol. The van der Waals surface area contributed by atoms with E-state index in [-0.39, 0.29) is 0 Å². The minimum atomic E-state index is 0.789. The summed E-state index contributed by atoms with van der Waals surface area (Å²) in [5.74, 6) is 0.873. The highest BCUT2D eigenvalue weighted by Gasteiger charge is 1.99. The second-order valence-corrected chi connectivity index (χ2v) is 3.23. The summed E-state index contributed by atoms with van der Waals surface area (Å²) >= 11 is 0. The first-order valence-corrected chi connectivity index (χ1v) is 4.32. The molecule has 0 aromatic carbocycles. The third-order valence-electron chi connectivity index (χ3n) is 1.58. The van der Waals surface area contributed by atoms with E-state index < -0.39 is 0 Å². The molecule has 0 bridgehead atoms. The van der Waals surface area contributed by atoms with Crippen LogP contribution in [0.5, 0.6) is 0 Å². The Bertz CT molecular complexity index is 260. The van der Waals surface area contributed by atoms with E-state index in [0.717, 1.165) is 24.6 Å². The zero-order valence-electron chi connectivity index (χ0n) is 8.41. The van der Waals surface area contributed by atoms with E-state index in [1.165, 1.54) is 0 Å². The van der Waals surface area contributed by atoms with E-state index in [1.54, 1.807) is 6.20 Å². The Hall–Kier alpha value is -1.00. The highest BCUT2D eigenvalue weighted by molar-refractivity contribution is 5.01. The summed E-state index contributed by atoms with van der Waals surface area (Å²) in [6.07, 6.45) is 1.80. The molecule has 4 nitrogen and oxygen atoms in total. The van der Waals surface area contributed by atoms with Gasteiger partial charge in [-0.25, -0.2) is 9.97 Å². The smallest absolute Gasteiger partial charge is 0.142 e. The van der Waals surface area contributed by atoms with Crippen LogP contribution in [0.25, 0.3) is 0 Å². The van der Waals surface area contributed by atoms with Gasteiger partial charge in [0.15, 0.2) is 0 Å². The lowest BCUT2D eigenvalue weighted by Gasteiger charge is -2.08. The molecule has 1 heterocycles. The van der Waals surface area contributed by atoms with Crippen LogP contribution in [0.2, 0.25) is 0 Å². The van der Waals surface area contributed by atoms with Gasteiger partial charge in [0, 0.05) is 12.7 Å². The third-order valence-corrected chi connectivity index (χ3v) is 1.58. The fraction of sp³-hybridized carbons (Fsp3) is 0.556. The van der Waals surface area contributed by atoms with E-state index in [9.17, 15) is 0 Å². The Morgan fingerprint density at radius 3 is 2.85 bits per heavy atom. The Kier molecular flexibility index (Phi) is 3.79. The normalized spacial score (nSPS) is 10.8. The SMILES string of the molecule is CNCc1ccnc(CN(C)C)n1. The molecule has 4 heteroatoms. The van der Waals surface area contributed by atoms with Gasteiger partial charge >= 0.3 is 0 Å². The molecular weight excluding hydrogens is 164 g/mol. The van der Waals surface area contributed by atoms with Gasteiger partial charge in [-0.05, 0) is 27.2 Å². The number of hydrogen-bond acceptors (Lipinski definition) is 4. The highest BCUT2D eigenvalue weighted by atomic mass is 15.1. The van der Waals surface area contributed by atoms with E-state index in [2.05, 4.69) is 20.2 Å². The molecule has 1 N–H and O–H groups in total. The van der Waals surface area contributed by atoms with Crippen LogP contribution in [-0.4, -0.2) is 36.0 Å². The lowest BCUT2D eigenvalue weighted by Crippen LogP contribution is -2.15. The fourth-order valence-electron chi connectivity index (χ4n) is 1.08. The van der Waals surface area contributed by atoms with Crippen molar-refractivity contribution < 1.29 is 0 Å². The second-order valence-electron chi connectivity index (χ2n) is 3.23. The van der Waals surface area contributed by atoms with E-state index in [4.69, 9.17) is 0 Å². The van der Waals surface area contributed by atoms with Gasteiger partial charge in [-0.1, -0.05) is 0 Å². The van der Waals surface area contributed by atoms with Gasteiger partial charge in [0.1, 0.15) is 5.82 Å². The summed E-state index contributed by atoms with van der Waals surface area (Å²) in [4.78, 5) is 10.6. The zero-order valence-corrected chi connectivity index (χ0v) is 8.41. The van der Waals surface area contributed by atoms with E-state index in [0.29, 0.717) is 0 Å². The summed E-state index contributed by atoms with van der Waals surface area (Å²) in [5.41, 5.74) is 1.04. The van der Waals surface area contributed by atoms with Gasteiger partial charge in [-0.2, -0.15) is 0 Å². The Morgan fingerprint density at radius 2 is 2.23 bits per heavy atom. The van der Waals surface area contributed by atoms with Crippen molar-refractivity contribution in [2.45, 2.75) is 13.1 Å². The van der Waals surface area contributed by atoms with Gasteiger partial charge in [0.05, 0.1) is 12.2 Å². The van der Waals surface area contributed by atoms with Crippen molar-refractivity contribution in [2.75, 3.05) is 21.1 Å². The van der Waals surface area contributed by atoms with Crippen LogP contribution >= 0.6 is 0 Å². The number of nitrogens with one attached hydrogen (secondary N) is 1. The van der Waals surface area contributed by atoms with Gasteiger partial charge < -0.3 is 10.2 Å². The average molecular weight is 180 g/mol. The van der Waals surface area contributed by atoms with Crippen LogP contribution in [0, 0.1) is 0 Å². The molecule has 0 radical (unpaired) electrons. The molecule has 0 spiro atoms. The topological polar surface area (TPSA) is 41.1 Å². The first kappa shape index (κ1) is 10.1. The van der Waals surface area contributed by atoms with Gasteiger partial charge in [-0.15, -0.1) is 0 Å². The van der Waals surface area contributed by atoms with E-state index >= 15 is 0 Å². The lowest BCUT2D eigenvalue weighted by atomic mass is 10.4. The molecule has 0 atom stereocenters. The van der Waals surface area contributed by atoms with Crippen LogP contribution in [0.15, 0.2) is 12.3 Å². The Balaban J connectivity index is 2.67. The molecule has 1 rings (SSSR count). The van der Waals surface area contributed by atoms with Crippen LogP contribution in [0.4, 0.5) is 0 Å². The van der Waals surface area contributed by atoms with Gasteiger partial charge in [-0.3, -0.25) is 0 Å². The number of aromatic nitrogens is 2. The lowest BCUT2D eigenvalue weighted by molar-refractivity contribution is 0.389. The van der Waals surface area contributed by atoms with Crippen molar-refractivity contribution in [1.29, 1.82) is 0 Å². The van der Waals surface area contributed by atoms with Crippen molar-refractivity contribution in [3.63, 3.8) is 0 Å². The van der Waals surface area contributed by atoms with Crippen LogP contribution in [0.3, 0.4) is 0 Å². The maximum absolute atomic E-state index is 4.39. The standard InChI is InChI=1S/C9H16N4/c1-10-6-8-4-5-11-9(12-8)7-13(2)3/h4-5,10H,6-7H2,1-3H3. The molecule has 72 valence electrons. The predicted molar refractivity (Wildman–Crippen MR) is 52.2 cm³/mol. The van der Waals surface area contributed by atoms with Crippen molar-refractivity contribution in [2.24, 2.45) is 0 Å². The molecule has 0 aliphatic carbocycles. The number of nitrogens with zero attached hydrogens (tertiary/aromatic N) is 3. The van der Waals surface area contributed by atoms with Gasteiger partial charge in [0.25, 0.3) is 0 Å². The van der Waals surface area contributed by atoms with Crippen LogP contribution in [-0.2, 0) is 13.1 Å².